The van der Waals surface area contributed by atoms with Crippen molar-refractivity contribution in [2.45, 2.75) is 0 Å². The molecular formula is C8H8NO4. The molecule has 0 saturated carbocycles. The Bertz CT molecular complexity index is 324. The Labute approximate surface area is 75.0 Å². The first-order valence-corrected chi connectivity index (χ1v) is 3.47. The zero-order valence-electron chi connectivity index (χ0n) is 7.23. The number of nitrogens with zero attached hydrogens (tertiary/aromatic N) is 1. The second-order valence-corrected chi connectivity index (χ2v) is 2.22. The lowest BCUT2D eigenvalue weighted by Gasteiger charge is -2.05. The van der Waals surface area contributed by atoms with Crippen molar-refractivity contribution in [1.29, 1.82) is 0 Å². The van der Waals surface area contributed by atoms with Gasteiger partial charge < -0.3 is 9.47 Å². The van der Waals surface area contributed by atoms with Crippen molar-refractivity contribution in [2.24, 2.45) is 0 Å². The topological polar surface area (TPSA) is 61.6 Å². The van der Waals surface area contributed by atoms with E-state index in [0.29, 0.717) is 11.5 Å². The number of nitro groups is 1. The number of methoxy groups -OCH3 is 2. The van der Waals surface area contributed by atoms with Gasteiger partial charge >= 0.3 is 0 Å². The summed E-state index contributed by atoms with van der Waals surface area (Å²) in [5, 5.41) is 10.4. The molecule has 0 aromatic heterocycles. The summed E-state index contributed by atoms with van der Waals surface area (Å²) in [4.78, 5) is 9.84. The summed E-state index contributed by atoms with van der Waals surface area (Å²) in [5.41, 5.74) is -0.0716. The fourth-order valence-electron chi connectivity index (χ4n) is 0.869. The SMILES string of the molecule is COc1[c]cc([N+](=O)[O-])cc1OC. The quantitative estimate of drug-likeness (QED) is 0.523. The molecule has 1 aromatic rings. The largest absolute Gasteiger partial charge is 0.493 e. The number of rotatable bonds is 3. The van der Waals surface area contributed by atoms with Crippen LogP contribution in [-0.2, 0) is 0 Å². The van der Waals surface area contributed by atoms with Crippen LogP contribution in [0.15, 0.2) is 12.1 Å². The van der Waals surface area contributed by atoms with Crippen molar-refractivity contribution in [3.8, 4) is 11.5 Å². The van der Waals surface area contributed by atoms with Crippen LogP contribution in [0.4, 0.5) is 5.69 Å². The summed E-state index contributed by atoms with van der Waals surface area (Å²) in [6.07, 6.45) is 0. The summed E-state index contributed by atoms with van der Waals surface area (Å²) in [7, 11) is 2.86. The van der Waals surface area contributed by atoms with Gasteiger partial charge in [-0.2, -0.15) is 0 Å². The molecule has 69 valence electrons. The molecule has 0 spiro atoms. The first kappa shape index (κ1) is 9.31. The first-order valence-electron chi connectivity index (χ1n) is 3.47. The minimum absolute atomic E-state index is 0.0716. The Morgan fingerprint density at radius 1 is 1.46 bits per heavy atom. The lowest BCUT2D eigenvalue weighted by atomic mass is 10.3. The minimum Gasteiger partial charge on any atom is -0.493 e. The third kappa shape index (κ3) is 1.87. The smallest absolute Gasteiger partial charge is 0.274 e. The van der Waals surface area contributed by atoms with Crippen molar-refractivity contribution in [3.63, 3.8) is 0 Å². The number of hydrogen-bond acceptors (Lipinski definition) is 4. The van der Waals surface area contributed by atoms with Crippen LogP contribution in [0.2, 0.25) is 0 Å². The standard InChI is InChI=1S/C8H8NO4/c1-12-7-4-3-6(9(10)11)5-8(7)13-2/h3,5H,1-2H3. The van der Waals surface area contributed by atoms with Crippen molar-refractivity contribution in [1.82, 2.24) is 0 Å². The molecule has 0 fully saturated rings. The van der Waals surface area contributed by atoms with E-state index in [1.54, 1.807) is 0 Å². The van der Waals surface area contributed by atoms with Gasteiger partial charge in [-0.05, 0) is 0 Å². The van der Waals surface area contributed by atoms with Crippen LogP contribution in [-0.4, -0.2) is 19.1 Å². The van der Waals surface area contributed by atoms with E-state index in [1.807, 2.05) is 0 Å². The van der Waals surface area contributed by atoms with E-state index in [0.717, 1.165) is 0 Å². The Morgan fingerprint density at radius 3 is 2.62 bits per heavy atom. The molecular weight excluding hydrogens is 174 g/mol. The molecule has 5 heteroatoms. The van der Waals surface area contributed by atoms with Crippen LogP contribution in [0.5, 0.6) is 11.5 Å². The number of benzene rings is 1. The number of ether oxygens (including phenoxy) is 2. The fourth-order valence-corrected chi connectivity index (χ4v) is 0.869. The predicted molar refractivity (Wildman–Crippen MR) is 45.0 cm³/mol. The molecule has 0 atom stereocenters. The van der Waals surface area contributed by atoms with Gasteiger partial charge in [0.2, 0.25) is 0 Å². The molecule has 0 aliphatic rings. The molecule has 0 amide bonds. The minimum atomic E-state index is -0.515. The van der Waals surface area contributed by atoms with E-state index in [9.17, 15) is 10.1 Å². The van der Waals surface area contributed by atoms with Crippen molar-refractivity contribution in [3.05, 3.63) is 28.3 Å². The number of nitro benzene ring substituents is 1. The van der Waals surface area contributed by atoms with Gasteiger partial charge in [0.05, 0.1) is 25.2 Å². The summed E-state index contributed by atoms with van der Waals surface area (Å²) >= 11 is 0. The molecule has 13 heavy (non-hydrogen) atoms. The molecule has 0 unspecified atom stereocenters. The highest BCUT2D eigenvalue weighted by molar-refractivity contribution is 5.47. The molecule has 1 rings (SSSR count). The molecule has 1 aromatic carbocycles. The van der Waals surface area contributed by atoms with E-state index in [2.05, 4.69) is 6.07 Å². The zero-order chi connectivity index (χ0) is 9.84. The number of non-ortho nitro benzene ring substituents is 1. The Hall–Kier alpha value is -1.78. The van der Waals surface area contributed by atoms with Crippen molar-refractivity contribution in [2.75, 3.05) is 14.2 Å². The van der Waals surface area contributed by atoms with E-state index in [-0.39, 0.29) is 5.69 Å². The van der Waals surface area contributed by atoms with E-state index >= 15 is 0 Å². The second kappa shape index (κ2) is 3.75. The lowest BCUT2D eigenvalue weighted by Crippen LogP contribution is -1.93. The fraction of sp³-hybridized carbons (Fsp3) is 0.250. The van der Waals surface area contributed by atoms with Gasteiger partial charge in [0.25, 0.3) is 5.69 Å². The lowest BCUT2D eigenvalue weighted by molar-refractivity contribution is -0.385. The Morgan fingerprint density at radius 2 is 2.15 bits per heavy atom. The number of hydrogen-bond donors (Lipinski definition) is 0. The van der Waals surface area contributed by atoms with Gasteiger partial charge in [-0.1, -0.05) is 0 Å². The van der Waals surface area contributed by atoms with Crippen LogP contribution < -0.4 is 9.47 Å². The third-order valence-corrected chi connectivity index (χ3v) is 1.49. The van der Waals surface area contributed by atoms with Gasteiger partial charge in [0.1, 0.15) is 0 Å². The molecule has 1 radical (unpaired) electrons. The average Bonchev–Trinajstić information content (AvgIpc) is 2.16. The van der Waals surface area contributed by atoms with Gasteiger partial charge in [0.15, 0.2) is 11.5 Å². The summed E-state index contributed by atoms with van der Waals surface area (Å²) in [6.45, 7) is 0. The first-order chi connectivity index (χ1) is 6.19. The summed E-state index contributed by atoms with van der Waals surface area (Å²) in [5.74, 6) is 0.657. The molecule has 0 saturated heterocycles. The maximum Gasteiger partial charge on any atom is 0.274 e. The highest BCUT2D eigenvalue weighted by Crippen LogP contribution is 2.29. The van der Waals surface area contributed by atoms with E-state index in [4.69, 9.17) is 9.47 Å². The molecule has 5 nitrogen and oxygen atoms in total. The van der Waals surface area contributed by atoms with Crippen molar-refractivity contribution >= 4 is 5.69 Å². The van der Waals surface area contributed by atoms with E-state index in [1.165, 1.54) is 26.4 Å². The Balaban J connectivity index is 3.13. The highest BCUT2D eigenvalue weighted by atomic mass is 16.6. The average molecular weight is 182 g/mol. The predicted octanol–water partition coefficient (Wildman–Crippen LogP) is 1.41. The van der Waals surface area contributed by atoms with E-state index < -0.39 is 4.92 Å². The summed E-state index contributed by atoms with van der Waals surface area (Å²) < 4.78 is 9.73. The Kier molecular flexibility index (Phi) is 2.69. The molecule has 0 N–H and O–H groups in total. The molecule has 0 aliphatic carbocycles. The van der Waals surface area contributed by atoms with Gasteiger partial charge in [-0.3, -0.25) is 10.1 Å². The highest BCUT2D eigenvalue weighted by Gasteiger charge is 2.11. The van der Waals surface area contributed by atoms with Crippen LogP contribution in [0.1, 0.15) is 0 Å². The van der Waals surface area contributed by atoms with Crippen LogP contribution in [0, 0.1) is 16.2 Å². The zero-order valence-corrected chi connectivity index (χ0v) is 7.23. The monoisotopic (exact) mass is 182 g/mol. The van der Waals surface area contributed by atoms with Crippen LogP contribution in [0.3, 0.4) is 0 Å². The molecule has 0 bridgehead atoms. The van der Waals surface area contributed by atoms with Gasteiger partial charge in [-0.15, -0.1) is 0 Å². The molecule has 0 heterocycles. The van der Waals surface area contributed by atoms with Crippen molar-refractivity contribution < 1.29 is 14.4 Å². The normalized spacial score (nSPS) is 9.38. The second-order valence-electron chi connectivity index (χ2n) is 2.22. The van der Waals surface area contributed by atoms with Crippen LogP contribution in [0.25, 0.3) is 0 Å². The maximum absolute atomic E-state index is 10.4. The maximum atomic E-state index is 10.4. The van der Waals surface area contributed by atoms with Crippen LogP contribution >= 0.6 is 0 Å². The molecule has 0 aliphatic heterocycles. The van der Waals surface area contributed by atoms with Gasteiger partial charge in [0, 0.05) is 12.1 Å². The van der Waals surface area contributed by atoms with Gasteiger partial charge in [-0.25, -0.2) is 0 Å². The summed E-state index contributed by atoms with van der Waals surface area (Å²) in [6, 6.07) is 5.12. The third-order valence-electron chi connectivity index (χ3n) is 1.49.